The van der Waals surface area contributed by atoms with Gasteiger partial charge in [0.1, 0.15) is 31.0 Å². The van der Waals surface area contributed by atoms with Crippen molar-refractivity contribution in [3.05, 3.63) is 23.9 Å². The Morgan fingerprint density at radius 3 is 2.59 bits per heavy atom. The predicted octanol–water partition coefficient (Wildman–Crippen LogP) is 0.994. The number of carbonyl (C=O) groups excluding carboxylic acids is 2. The van der Waals surface area contributed by atoms with Crippen molar-refractivity contribution in [2.45, 2.75) is 33.0 Å². The summed E-state index contributed by atoms with van der Waals surface area (Å²) in [4.78, 5) is 26.6. The second-order valence-corrected chi connectivity index (χ2v) is 7.53. The molecule has 1 saturated heterocycles. The van der Waals surface area contributed by atoms with Gasteiger partial charge in [0, 0.05) is 12.4 Å². The number of nitrogens with zero attached hydrogens (tertiary/aromatic N) is 1. The van der Waals surface area contributed by atoms with Crippen LogP contribution in [0.2, 0.25) is 0 Å². The smallest absolute Gasteiger partial charge is 0.357 e. The lowest BCUT2D eigenvalue weighted by atomic mass is 10.2. The van der Waals surface area contributed by atoms with Crippen LogP contribution in [0.3, 0.4) is 0 Å². The van der Waals surface area contributed by atoms with Gasteiger partial charge in [-0.05, 0) is 39.0 Å². The zero-order valence-electron chi connectivity index (χ0n) is 17.7. The standard InChI is InChI=1S/C21H29N3O5/c1-6-28-21(26)20-19(16-9-15(27-5)7-8-17(16)23(20)4)22-18(25)12-24-10-13(2)29-14(3)11-24/h7-9,13-14H,6,10-12H2,1-5H3,(H,22,25)/p+1/t13-,14+. The maximum absolute atomic E-state index is 12.9. The number of esters is 1. The monoisotopic (exact) mass is 404 g/mol. The molecule has 158 valence electrons. The second-order valence-electron chi connectivity index (χ2n) is 7.53. The van der Waals surface area contributed by atoms with E-state index in [0.29, 0.717) is 23.7 Å². The molecule has 0 radical (unpaired) electrons. The lowest BCUT2D eigenvalue weighted by molar-refractivity contribution is -0.907. The van der Waals surface area contributed by atoms with E-state index in [4.69, 9.17) is 14.2 Å². The first kappa shape index (κ1) is 21.1. The van der Waals surface area contributed by atoms with Gasteiger partial charge in [0.15, 0.2) is 12.2 Å². The van der Waals surface area contributed by atoms with Crippen molar-refractivity contribution >= 4 is 28.5 Å². The summed E-state index contributed by atoms with van der Waals surface area (Å²) in [6.45, 7) is 7.89. The number of rotatable bonds is 6. The topological polar surface area (TPSA) is 83.2 Å². The summed E-state index contributed by atoms with van der Waals surface area (Å²) in [5, 5.41) is 3.70. The molecule has 0 bridgehead atoms. The highest BCUT2D eigenvalue weighted by molar-refractivity contribution is 6.11. The van der Waals surface area contributed by atoms with Gasteiger partial charge in [0.05, 0.1) is 24.9 Å². The molecule has 0 spiro atoms. The lowest BCUT2D eigenvalue weighted by Crippen LogP contribution is -3.16. The van der Waals surface area contributed by atoms with E-state index in [1.165, 1.54) is 0 Å². The third-order valence-corrected chi connectivity index (χ3v) is 5.17. The highest BCUT2D eigenvalue weighted by Crippen LogP contribution is 2.33. The van der Waals surface area contributed by atoms with Crippen LogP contribution in [-0.2, 0) is 21.3 Å². The van der Waals surface area contributed by atoms with Crippen molar-refractivity contribution in [3.63, 3.8) is 0 Å². The molecule has 29 heavy (non-hydrogen) atoms. The number of hydrogen-bond donors (Lipinski definition) is 2. The molecule has 1 aliphatic rings. The molecule has 1 amide bonds. The Morgan fingerprint density at radius 2 is 1.97 bits per heavy atom. The molecular weight excluding hydrogens is 374 g/mol. The summed E-state index contributed by atoms with van der Waals surface area (Å²) in [6, 6.07) is 5.51. The number of aryl methyl sites for hydroxylation is 1. The fourth-order valence-corrected chi connectivity index (χ4v) is 4.06. The molecule has 2 N–H and O–H groups in total. The van der Waals surface area contributed by atoms with Crippen LogP contribution in [0.25, 0.3) is 10.9 Å². The highest BCUT2D eigenvalue weighted by Gasteiger charge is 2.29. The van der Waals surface area contributed by atoms with Crippen LogP contribution >= 0.6 is 0 Å². The third kappa shape index (κ3) is 4.54. The van der Waals surface area contributed by atoms with E-state index >= 15 is 0 Å². The summed E-state index contributed by atoms with van der Waals surface area (Å²) in [7, 11) is 3.37. The number of quaternary nitrogens is 1. The van der Waals surface area contributed by atoms with Gasteiger partial charge in [-0.3, -0.25) is 4.79 Å². The molecule has 1 aromatic carbocycles. The molecule has 1 aromatic heterocycles. The quantitative estimate of drug-likeness (QED) is 0.702. The third-order valence-electron chi connectivity index (χ3n) is 5.17. The summed E-state index contributed by atoms with van der Waals surface area (Å²) in [5.41, 5.74) is 1.59. The van der Waals surface area contributed by atoms with Crippen LogP contribution in [0.1, 0.15) is 31.3 Å². The van der Waals surface area contributed by atoms with Gasteiger partial charge >= 0.3 is 5.97 Å². The van der Waals surface area contributed by atoms with Crippen molar-refractivity contribution < 1.29 is 28.7 Å². The largest absolute Gasteiger partial charge is 0.497 e. The maximum Gasteiger partial charge on any atom is 0.357 e. The number of ether oxygens (including phenoxy) is 3. The van der Waals surface area contributed by atoms with Crippen LogP contribution in [-0.4, -0.2) is 62.0 Å². The van der Waals surface area contributed by atoms with E-state index in [0.717, 1.165) is 28.9 Å². The molecule has 8 nitrogen and oxygen atoms in total. The molecular formula is C21H30N3O5+. The second kappa shape index (κ2) is 8.84. The van der Waals surface area contributed by atoms with Gasteiger partial charge in [-0.25, -0.2) is 4.79 Å². The molecule has 2 heterocycles. The van der Waals surface area contributed by atoms with Crippen LogP contribution in [0.5, 0.6) is 5.75 Å². The summed E-state index contributed by atoms with van der Waals surface area (Å²) >= 11 is 0. The number of anilines is 1. The van der Waals surface area contributed by atoms with Gasteiger partial charge in [-0.2, -0.15) is 0 Å². The Morgan fingerprint density at radius 1 is 1.28 bits per heavy atom. The van der Waals surface area contributed by atoms with E-state index in [1.807, 2.05) is 32.0 Å². The number of methoxy groups -OCH3 is 1. The Labute approximate surface area is 170 Å². The van der Waals surface area contributed by atoms with Crippen LogP contribution in [0.4, 0.5) is 5.69 Å². The molecule has 1 unspecified atom stereocenters. The van der Waals surface area contributed by atoms with Crippen LogP contribution in [0.15, 0.2) is 18.2 Å². The Balaban J connectivity index is 1.92. The molecule has 3 atom stereocenters. The van der Waals surface area contributed by atoms with Gasteiger partial charge in [-0.15, -0.1) is 0 Å². The van der Waals surface area contributed by atoms with E-state index in [1.54, 1.807) is 25.6 Å². The Kier molecular flexibility index (Phi) is 6.44. The first-order chi connectivity index (χ1) is 13.8. The number of hydrogen-bond acceptors (Lipinski definition) is 5. The van der Waals surface area contributed by atoms with Crippen molar-refractivity contribution in [1.29, 1.82) is 0 Å². The fourth-order valence-electron chi connectivity index (χ4n) is 4.06. The van der Waals surface area contributed by atoms with E-state index in [2.05, 4.69) is 5.32 Å². The number of aromatic nitrogens is 1. The Bertz CT molecular complexity index is 897. The molecule has 1 fully saturated rings. The van der Waals surface area contributed by atoms with Crippen LogP contribution < -0.4 is 15.0 Å². The molecule has 2 aromatic rings. The first-order valence-electron chi connectivity index (χ1n) is 9.96. The SMILES string of the molecule is CCOC(=O)c1c(NC(=O)C[NH+]2C[C@@H](C)O[C@@H](C)C2)c2cc(OC)ccc2n1C. The van der Waals surface area contributed by atoms with Gasteiger partial charge in [-0.1, -0.05) is 0 Å². The van der Waals surface area contributed by atoms with E-state index in [9.17, 15) is 9.59 Å². The number of carbonyl (C=O) groups is 2. The zero-order valence-corrected chi connectivity index (χ0v) is 17.7. The molecule has 8 heteroatoms. The van der Waals surface area contributed by atoms with Gasteiger partial charge in [0.25, 0.3) is 5.91 Å². The minimum Gasteiger partial charge on any atom is -0.497 e. The molecule has 0 aliphatic carbocycles. The molecule has 3 rings (SSSR count). The highest BCUT2D eigenvalue weighted by atomic mass is 16.5. The normalized spacial score (nSPS) is 21.8. The minimum absolute atomic E-state index is 0.110. The summed E-state index contributed by atoms with van der Waals surface area (Å²) in [5.74, 6) is 0.0269. The minimum atomic E-state index is -0.471. The molecule has 0 saturated carbocycles. The summed E-state index contributed by atoms with van der Waals surface area (Å²) in [6.07, 6.45) is 0.219. The average molecular weight is 404 g/mol. The number of nitrogens with one attached hydrogen (secondary N) is 2. The van der Waals surface area contributed by atoms with E-state index in [-0.39, 0.29) is 24.7 Å². The maximum atomic E-state index is 12.9. The average Bonchev–Trinajstić information content (AvgIpc) is 2.92. The predicted molar refractivity (Wildman–Crippen MR) is 110 cm³/mol. The number of amides is 1. The van der Waals surface area contributed by atoms with Crippen molar-refractivity contribution in [3.8, 4) is 5.75 Å². The number of morpholine rings is 1. The van der Waals surface area contributed by atoms with Crippen molar-refractivity contribution in [1.82, 2.24) is 4.57 Å². The fraction of sp³-hybridized carbons (Fsp3) is 0.524. The van der Waals surface area contributed by atoms with Crippen molar-refractivity contribution in [2.75, 3.05) is 38.7 Å². The first-order valence-corrected chi connectivity index (χ1v) is 9.96. The Hall–Kier alpha value is -2.58. The van der Waals surface area contributed by atoms with Gasteiger partial charge in [0.2, 0.25) is 0 Å². The van der Waals surface area contributed by atoms with Gasteiger partial charge < -0.3 is 29.0 Å². The number of fused-ring (bicyclic) bond motifs is 1. The van der Waals surface area contributed by atoms with Crippen molar-refractivity contribution in [2.24, 2.45) is 7.05 Å². The molecule has 1 aliphatic heterocycles. The number of benzene rings is 1. The van der Waals surface area contributed by atoms with Crippen LogP contribution in [0, 0.1) is 0 Å². The van der Waals surface area contributed by atoms with E-state index < -0.39 is 5.97 Å². The summed E-state index contributed by atoms with van der Waals surface area (Å²) < 4.78 is 18.1. The zero-order chi connectivity index (χ0) is 21.1. The lowest BCUT2D eigenvalue weighted by Gasteiger charge is -2.31.